The number of benzene rings is 3. The molecule has 2 amide bonds. The predicted molar refractivity (Wildman–Crippen MR) is 112 cm³/mol. The van der Waals surface area contributed by atoms with Crippen molar-refractivity contribution in [3.63, 3.8) is 0 Å². The Balaban J connectivity index is 1.50. The van der Waals surface area contributed by atoms with Crippen LogP contribution in [-0.4, -0.2) is 17.1 Å². The lowest BCUT2D eigenvalue weighted by Crippen LogP contribution is -2.36. The van der Waals surface area contributed by atoms with E-state index in [0.717, 1.165) is 21.7 Å². The fourth-order valence-electron chi connectivity index (χ4n) is 3.27. The fourth-order valence-corrected chi connectivity index (χ4v) is 4.38. The van der Waals surface area contributed by atoms with Gasteiger partial charge in [-0.05, 0) is 23.3 Å². The first-order valence-electron chi connectivity index (χ1n) is 9.16. The van der Waals surface area contributed by atoms with Crippen molar-refractivity contribution in [3.8, 4) is 0 Å². The third-order valence-electron chi connectivity index (χ3n) is 4.65. The van der Waals surface area contributed by atoms with Crippen LogP contribution in [0.25, 0.3) is 0 Å². The first-order valence-corrected chi connectivity index (χ1v) is 10.0. The Kier molecular flexibility index (Phi) is 5.44. The fraction of sp³-hybridized carbons (Fsp3) is 0.130. The second kappa shape index (κ2) is 8.31. The Labute approximate surface area is 168 Å². The Morgan fingerprint density at radius 1 is 0.893 bits per heavy atom. The van der Waals surface area contributed by atoms with Crippen LogP contribution in [0.15, 0.2) is 89.8 Å². The minimum absolute atomic E-state index is 0.126. The van der Waals surface area contributed by atoms with Gasteiger partial charge < -0.3 is 10.6 Å². The smallest absolute Gasteiger partial charge is 0.238 e. The van der Waals surface area contributed by atoms with Gasteiger partial charge in [-0.3, -0.25) is 9.59 Å². The van der Waals surface area contributed by atoms with Crippen molar-refractivity contribution < 1.29 is 9.59 Å². The average molecular weight is 388 g/mol. The lowest BCUT2D eigenvalue weighted by molar-refractivity contribution is -0.124. The van der Waals surface area contributed by atoms with Gasteiger partial charge in [0, 0.05) is 11.3 Å². The van der Waals surface area contributed by atoms with E-state index in [-0.39, 0.29) is 24.3 Å². The number of anilines is 1. The maximum Gasteiger partial charge on any atom is 0.238 e. The predicted octanol–water partition coefficient (Wildman–Crippen LogP) is 4.40. The molecular weight excluding hydrogens is 368 g/mol. The molecule has 28 heavy (non-hydrogen) atoms. The van der Waals surface area contributed by atoms with Crippen LogP contribution in [0.2, 0.25) is 0 Å². The Hall–Kier alpha value is -3.05. The number of rotatable bonds is 5. The van der Waals surface area contributed by atoms with E-state index in [2.05, 4.69) is 10.6 Å². The molecule has 140 valence electrons. The number of carbonyl (C=O) groups is 2. The summed E-state index contributed by atoms with van der Waals surface area (Å²) in [6.07, 6.45) is 0.126. The van der Waals surface area contributed by atoms with Crippen molar-refractivity contribution in [1.29, 1.82) is 0 Å². The summed E-state index contributed by atoms with van der Waals surface area (Å²) in [6, 6.07) is 27.1. The van der Waals surface area contributed by atoms with Crippen LogP contribution in [0.3, 0.4) is 0 Å². The molecule has 4 rings (SSSR count). The van der Waals surface area contributed by atoms with Crippen molar-refractivity contribution in [1.82, 2.24) is 5.32 Å². The van der Waals surface area contributed by atoms with Gasteiger partial charge in [0.25, 0.3) is 0 Å². The third-order valence-corrected chi connectivity index (χ3v) is 5.92. The minimum Gasteiger partial charge on any atom is -0.345 e. The number of para-hydroxylation sites is 1. The zero-order valence-corrected chi connectivity index (χ0v) is 16.0. The topological polar surface area (TPSA) is 58.2 Å². The zero-order valence-electron chi connectivity index (χ0n) is 15.2. The molecule has 3 aromatic carbocycles. The monoisotopic (exact) mass is 388 g/mol. The molecule has 5 heteroatoms. The standard InChI is InChI=1S/C23H20N2O2S/c26-21(15-20-23(27)24-18-13-7-8-14-19(18)28-20)25-22(16-9-3-1-4-10-16)17-11-5-2-6-12-17/h1-14,20,22H,15H2,(H,24,27)(H,25,26). The van der Waals surface area contributed by atoms with Gasteiger partial charge in [0.15, 0.2) is 0 Å². The molecule has 0 spiro atoms. The van der Waals surface area contributed by atoms with Gasteiger partial charge in [-0.2, -0.15) is 0 Å². The third kappa shape index (κ3) is 4.10. The largest absolute Gasteiger partial charge is 0.345 e. The number of nitrogens with one attached hydrogen (secondary N) is 2. The van der Waals surface area contributed by atoms with E-state index >= 15 is 0 Å². The van der Waals surface area contributed by atoms with Gasteiger partial charge in [-0.15, -0.1) is 11.8 Å². The Morgan fingerprint density at radius 3 is 2.11 bits per heavy atom. The molecule has 0 saturated heterocycles. The van der Waals surface area contributed by atoms with E-state index in [4.69, 9.17) is 0 Å². The summed E-state index contributed by atoms with van der Waals surface area (Å²) >= 11 is 1.44. The quantitative estimate of drug-likeness (QED) is 0.681. The lowest BCUT2D eigenvalue weighted by atomic mass is 9.98. The highest BCUT2D eigenvalue weighted by molar-refractivity contribution is 8.01. The summed E-state index contributed by atoms with van der Waals surface area (Å²) < 4.78 is 0. The van der Waals surface area contributed by atoms with Crippen LogP contribution in [-0.2, 0) is 9.59 Å². The van der Waals surface area contributed by atoms with Gasteiger partial charge in [0.05, 0.1) is 17.0 Å². The number of thioether (sulfide) groups is 1. The van der Waals surface area contributed by atoms with Crippen LogP contribution in [0.4, 0.5) is 5.69 Å². The number of fused-ring (bicyclic) bond motifs is 1. The number of hydrogen-bond acceptors (Lipinski definition) is 3. The molecule has 1 aliphatic heterocycles. The molecule has 0 aromatic heterocycles. The highest BCUT2D eigenvalue weighted by Gasteiger charge is 2.29. The summed E-state index contributed by atoms with van der Waals surface area (Å²) in [6.45, 7) is 0. The average Bonchev–Trinajstić information content (AvgIpc) is 2.74. The second-order valence-corrected chi connectivity index (χ2v) is 7.86. The molecule has 4 nitrogen and oxygen atoms in total. The molecule has 0 bridgehead atoms. The first-order chi connectivity index (χ1) is 13.7. The molecule has 3 aromatic rings. The summed E-state index contributed by atoms with van der Waals surface area (Å²) in [5.41, 5.74) is 2.82. The molecule has 2 N–H and O–H groups in total. The van der Waals surface area contributed by atoms with E-state index in [9.17, 15) is 9.59 Å². The molecule has 0 aliphatic carbocycles. The van der Waals surface area contributed by atoms with Gasteiger partial charge in [-0.25, -0.2) is 0 Å². The van der Waals surface area contributed by atoms with Gasteiger partial charge in [0.1, 0.15) is 0 Å². The van der Waals surface area contributed by atoms with E-state index in [0.29, 0.717) is 0 Å². The molecule has 1 aliphatic rings. The van der Waals surface area contributed by atoms with E-state index in [1.54, 1.807) is 0 Å². The lowest BCUT2D eigenvalue weighted by Gasteiger charge is -2.25. The number of carbonyl (C=O) groups excluding carboxylic acids is 2. The summed E-state index contributed by atoms with van der Waals surface area (Å²) in [5.74, 6) is -0.278. The molecule has 1 atom stereocenters. The van der Waals surface area contributed by atoms with E-state index in [1.165, 1.54) is 11.8 Å². The molecule has 0 saturated carbocycles. The van der Waals surface area contributed by atoms with Crippen molar-refractivity contribution in [2.24, 2.45) is 0 Å². The number of hydrogen-bond donors (Lipinski definition) is 2. The molecule has 0 fully saturated rings. The molecule has 0 radical (unpaired) electrons. The highest BCUT2D eigenvalue weighted by atomic mass is 32.2. The molecule has 1 heterocycles. The van der Waals surface area contributed by atoms with Crippen molar-refractivity contribution in [2.75, 3.05) is 5.32 Å². The van der Waals surface area contributed by atoms with E-state index < -0.39 is 5.25 Å². The molecular formula is C23H20N2O2S. The van der Waals surface area contributed by atoms with Crippen LogP contribution >= 0.6 is 11.8 Å². The summed E-state index contributed by atoms with van der Waals surface area (Å²) in [5, 5.41) is 5.56. The minimum atomic E-state index is -0.443. The Bertz CT molecular complexity index is 937. The second-order valence-electron chi connectivity index (χ2n) is 6.62. The maximum absolute atomic E-state index is 12.8. The number of amides is 2. The van der Waals surface area contributed by atoms with Gasteiger partial charge >= 0.3 is 0 Å². The van der Waals surface area contributed by atoms with Crippen LogP contribution < -0.4 is 10.6 Å². The summed E-state index contributed by atoms with van der Waals surface area (Å²) in [7, 11) is 0. The normalized spacial score (nSPS) is 15.6. The van der Waals surface area contributed by atoms with Crippen molar-refractivity contribution in [2.45, 2.75) is 22.6 Å². The highest BCUT2D eigenvalue weighted by Crippen LogP contribution is 2.36. The molecule has 1 unspecified atom stereocenters. The first kappa shape index (κ1) is 18.3. The zero-order chi connectivity index (χ0) is 19.3. The SMILES string of the molecule is O=C(CC1Sc2ccccc2NC1=O)NC(c1ccccc1)c1ccccc1. The van der Waals surface area contributed by atoms with Gasteiger partial charge in [0.2, 0.25) is 11.8 Å². The Morgan fingerprint density at radius 2 is 1.46 bits per heavy atom. The van der Waals surface area contributed by atoms with Crippen LogP contribution in [0.5, 0.6) is 0 Å². The van der Waals surface area contributed by atoms with Crippen LogP contribution in [0.1, 0.15) is 23.6 Å². The van der Waals surface area contributed by atoms with E-state index in [1.807, 2.05) is 84.9 Å². The van der Waals surface area contributed by atoms with Crippen molar-refractivity contribution in [3.05, 3.63) is 96.1 Å². The van der Waals surface area contributed by atoms with Crippen LogP contribution in [0, 0.1) is 0 Å². The maximum atomic E-state index is 12.8. The van der Waals surface area contributed by atoms with Crippen molar-refractivity contribution >= 4 is 29.3 Å². The summed E-state index contributed by atoms with van der Waals surface area (Å²) in [4.78, 5) is 26.2. The van der Waals surface area contributed by atoms with Gasteiger partial charge in [-0.1, -0.05) is 72.8 Å².